The zero-order valence-corrected chi connectivity index (χ0v) is 17.9. The fraction of sp³-hybridized carbons (Fsp3) is 1.00. The molecule has 0 spiro atoms. The Morgan fingerprint density at radius 1 is 0.650 bits per heavy atom. The average Bonchev–Trinajstić information content (AvgIpc) is 2.44. The van der Waals surface area contributed by atoms with Crippen LogP contribution in [0.5, 0.6) is 0 Å². The van der Waals surface area contributed by atoms with Crippen molar-refractivity contribution in [2.45, 2.75) is 98.7 Å². The summed E-state index contributed by atoms with van der Waals surface area (Å²) in [5.41, 5.74) is 0. The number of hydrogen-bond acceptors (Lipinski definition) is 0. The molecule has 1 aliphatic carbocycles. The van der Waals surface area contributed by atoms with Gasteiger partial charge in [0.2, 0.25) is 0 Å². The van der Waals surface area contributed by atoms with Crippen LogP contribution in [0.4, 0.5) is 0 Å². The zero-order valence-electron chi connectivity index (χ0n) is 13.6. The predicted molar refractivity (Wildman–Crippen MR) is 109 cm³/mol. The normalized spacial score (nSPS) is 30.6. The summed E-state index contributed by atoms with van der Waals surface area (Å²) in [6.45, 7) is 4.62. The molecule has 0 aliphatic heterocycles. The lowest BCUT2D eigenvalue weighted by Gasteiger charge is -2.37. The molecule has 0 aromatic heterocycles. The Morgan fingerprint density at radius 3 is 1.40 bits per heavy atom. The second-order valence-corrected chi connectivity index (χ2v) is 9.92. The van der Waals surface area contributed by atoms with Crippen molar-refractivity contribution in [3.05, 3.63) is 0 Å². The molecule has 0 bridgehead atoms. The molecule has 0 saturated heterocycles. The lowest BCUT2D eigenvalue weighted by molar-refractivity contribution is 0.277. The van der Waals surface area contributed by atoms with Crippen LogP contribution in [0, 0.1) is 11.8 Å². The molecule has 0 heterocycles. The molecule has 1 aliphatic rings. The van der Waals surface area contributed by atoms with E-state index < -0.39 is 0 Å². The van der Waals surface area contributed by atoms with Gasteiger partial charge in [-0.25, -0.2) is 0 Å². The first-order valence-corrected chi connectivity index (χ1v) is 11.5. The molecule has 0 nitrogen and oxygen atoms in total. The van der Waals surface area contributed by atoms with E-state index in [1.165, 1.54) is 77.0 Å². The third kappa shape index (κ3) is 7.64. The molecule has 1 rings (SSSR count). The van der Waals surface area contributed by atoms with Gasteiger partial charge in [-0.15, -0.1) is 0 Å². The van der Waals surface area contributed by atoms with E-state index in [1.54, 1.807) is 0 Å². The van der Waals surface area contributed by atoms with Crippen LogP contribution in [0.3, 0.4) is 0 Å². The highest BCUT2D eigenvalue weighted by molar-refractivity contribution is 14.1. The summed E-state index contributed by atoms with van der Waals surface area (Å²) in [6, 6.07) is 0. The maximum atomic E-state index is 2.77. The largest absolute Gasteiger partial charge is 0.0823 e. The molecular weight excluding hydrogens is 470 g/mol. The monoisotopic (exact) mass is 504 g/mol. The van der Waals surface area contributed by atoms with E-state index in [0.29, 0.717) is 0 Å². The number of halogens is 2. The highest BCUT2D eigenvalue weighted by atomic mass is 127. The van der Waals surface area contributed by atoms with Crippen LogP contribution in [-0.4, -0.2) is 7.85 Å². The summed E-state index contributed by atoms with van der Waals surface area (Å²) in [5, 5.41) is 0. The topological polar surface area (TPSA) is 0 Å². The summed E-state index contributed by atoms with van der Waals surface area (Å²) in [4.78, 5) is 0. The summed E-state index contributed by atoms with van der Waals surface area (Å²) in [5.74, 6) is 2.03. The Kier molecular flexibility index (Phi) is 11.7. The Morgan fingerprint density at radius 2 is 1.05 bits per heavy atom. The van der Waals surface area contributed by atoms with Gasteiger partial charge in [0.1, 0.15) is 0 Å². The van der Waals surface area contributed by atoms with E-state index >= 15 is 0 Å². The van der Waals surface area contributed by atoms with Gasteiger partial charge in [0.25, 0.3) is 0 Å². The number of hydrogen-bond donors (Lipinski definition) is 0. The maximum absolute atomic E-state index is 2.77. The Hall–Kier alpha value is 1.46. The number of unbranched alkanes of at least 4 members (excludes halogenated alkanes) is 6. The lowest BCUT2D eigenvalue weighted by Crippen LogP contribution is -2.32. The van der Waals surface area contributed by atoms with Gasteiger partial charge in [-0.3, -0.25) is 0 Å². The van der Waals surface area contributed by atoms with Gasteiger partial charge >= 0.3 is 0 Å². The van der Waals surface area contributed by atoms with E-state index in [2.05, 4.69) is 59.0 Å². The predicted octanol–water partition coefficient (Wildman–Crippen LogP) is 7.56. The van der Waals surface area contributed by atoms with E-state index in [-0.39, 0.29) is 0 Å². The minimum atomic E-state index is 0.955. The van der Waals surface area contributed by atoms with Gasteiger partial charge in [0, 0.05) is 7.85 Å². The number of rotatable bonds is 10. The zero-order chi connectivity index (χ0) is 14.8. The van der Waals surface area contributed by atoms with Crippen molar-refractivity contribution in [1.82, 2.24) is 0 Å². The molecule has 4 unspecified atom stereocenters. The SMILES string of the molecule is CCCCCCC1CC(I)C(CCCCCC)CC1I. The first-order chi connectivity index (χ1) is 9.69. The fourth-order valence-electron chi connectivity index (χ4n) is 3.52. The Bertz CT molecular complexity index is 205. The first kappa shape index (κ1) is 19.5. The smallest absolute Gasteiger partial charge is 0.0141 e. The molecule has 120 valence electrons. The summed E-state index contributed by atoms with van der Waals surface area (Å²) in [6.07, 6.45) is 17.5. The van der Waals surface area contributed by atoms with Crippen molar-refractivity contribution in [3.63, 3.8) is 0 Å². The molecule has 0 aromatic rings. The van der Waals surface area contributed by atoms with Crippen LogP contribution in [0.25, 0.3) is 0 Å². The molecule has 1 fully saturated rings. The van der Waals surface area contributed by atoms with Crippen LogP contribution >= 0.6 is 45.2 Å². The summed E-state index contributed by atoms with van der Waals surface area (Å²) >= 11 is 5.54. The van der Waals surface area contributed by atoms with Crippen molar-refractivity contribution < 1.29 is 0 Å². The second kappa shape index (κ2) is 12.0. The van der Waals surface area contributed by atoms with E-state index in [0.717, 1.165) is 19.7 Å². The molecule has 0 radical (unpaired) electrons. The van der Waals surface area contributed by atoms with Crippen LogP contribution in [0.15, 0.2) is 0 Å². The minimum Gasteiger partial charge on any atom is -0.0823 e. The molecule has 0 aromatic carbocycles. The highest BCUT2D eigenvalue weighted by Gasteiger charge is 2.33. The third-order valence-electron chi connectivity index (χ3n) is 4.94. The standard InChI is InChI=1S/C18H34I2/c1-3-5-7-9-11-15-13-18(20)16(14-17(15)19)12-10-8-6-4-2/h15-18H,3-14H2,1-2H3. The molecule has 1 saturated carbocycles. The molecule has 2 heteroatoms. The number of alkyl halides is 2. The van der Waals surface area contributed by atoms with E-state index in [4.69, 9.17) is 0 Å². The van der Waals surface area contributed by atoms with Crippen LogP contribution in [0.1, 0.15) is 90.9 Å². The molecule has 0 N–H and O–H groups in total. The lowest BCUT2D eigenvalue weighted by atomic mass is 9.77. The Labute approximate surface area is 154 Å². The van der Waals surface area contributed by atoms with Crippen molar-refractivity contribution in [2.75, 3.05) is 0 Å². The van der Waals surface area contributed by atoms with Gasteiger partial charge in [-0.2, -0.15) is 0 Å². The third-order valence-corrected chi connectivity index (χ3v) is 7.99. The second-order valence-electron chi connectivity index (χ2n) is 6.72. The molecule has 4 atom stereocenters. The van der Waals surface area contributed by atoms with Gasteiger partial charge in [-0.1, -0.05) is 110 Å². The van der Waals surface area contributed by atoms with Crippen molar-refractivity contribution in [3.8, 4) is 0 Å². The van der Waals surface area contributed by atoms with Crippen LogP contribution < -0.4 is 0 Å². The summed E-state index contributed by atoms with van der Waals surface area (Å²) in [7, 11) is 0. The molecular formula is C18H34I2. The average molecular weight is 504 g/mol. The molecule has 20 heavy (non-hydrogen) atoms. The maximum Gasteiger partial charge on any atom is 0.0141 e. The van der Waals surface area contributed by atoms with Crippen molar-refractivity contribution >= 4 is 45.2 Å². The van der Waals surface area contributed by atoms with Gasteiger partial charge in [-0.05, 0) is 37.5 Å². The Balaban J connectivity index is 2.22. The van der Waals surface area contributed by atoms with E-state index in [9.17, 15) is 0 Å². The van der Waals surface area contributed by atoms with Crippen molar-refractivity contribution in [2.24, 2.45) is 11.8 Å². The highest BCUT2D eigenvalue weighted by Crippen LogP contribution is 2.42. The van der Waals surface area contributed by atoms with Gasteiger partial charge in [0.15, 0.2) is 0 Å². The quantitative estimate of drug-likeness (QED) is 0.164. The van der Waals surface area contributed by atoms with Gasteiger partial charge in [0.05, 0.1) is 0 Å². The first-order valence-electron chi connectivity index (χ1n) is 8.97. The van der Waals surface area contributed by atoms with E-state index in [1.807, 2.05) is 0 Å². The summed E-state index contributed by atoms with van der Waals surface area (Å²) < 4.78 is 1.91. The van der Waals surface area contributed by atoms with Crippen molar-refractivity contribution in [1.29, 1.82) is 0 Å². The minimum absolute atomic E-state index is 0.955. The van der Waals surface area contributed by atoms with Crippen LogP contribution in [0.2, 0.25) is 0 Å². The van der Waals surface area contributed by atoms with Crippen LogP contribution in [-0.2, 0) is 0 Å². The van der Waals surface area contributed by atoms with Gasteiger partial charge < -0.3 is 0 Å². The molecule has 0 amide bonds. The fourth-order valence-corrected chi connectivity index (χ4v) is 6.14.